The van der Waals surface area contributed by atoms with Crippen LogP contribution in [-0.4, -0.2) is 0 Å². The molecule has 0 amide bonds. The van der Waals surface area contributed by atoms with Crippen LogP contribution in [0.3, 0.4) is 0 Å². The third-order valence-electron chi connectivity index (χ3n) is 22.8. The minimum absolute atomic E-state index is 1.13. The van der Waals surface area contributed by atoms with Crippen LogP contribution in [0.2, 0.25) is 0 Å². The van der Waals surface area contributed by atoms with Crippen molar-refractivity contribution >= 4 is 102 Å². The van der Waals surface area contributed by atoms with E-state index in [2.05, 4.69) is 461 Å². The minimum Gasteiger partial charge on any atom is -0.310 e. The second kappa shape index (κ2) is 35.8. The number of rotatable bonds is 20. The van der Waals surface area contributed by atoms with Crippen LogP contribution in [-0.2, 0) is 25.7 Å². The highest BCUT2D eigenvalue weighted by Crippen LogP contribution is 2.45. The van der Waals surface area contributed by atoms with Gasteiger partial charge in [0.2, 0.25) is 0 Å². The fourth-order valence-corrected chi connectivity index (χ4v) is 16.7. The molecule has 2 heteroatoms. The number of benzene rings is 16. The molecule has 0 radical (unpaired) electrons. The lowest BCUT2D eigenvalue weighted by molar-refractivity contribution is 0.685. The van der Waals surface area contributed by atoms with Gasteiger partial charge in [0, 0.05) is 33.5 Å². The largest absolute Gasteiger partial charge is 0.310 e. The summed E-state index contributed by atoms with van der Waals surface area (Å²) in [6.07, 6.45) is 27.7. The normalized spacial score (nSPS) is 12.2. The average Bonchev–Trinajstić information content (AvgIpc) is 0.766. The van der Waals surface area contributed by atoms with E-state index in [1.165, 1.54) is 181 Å². The van der Waals surface area contributed by atoms with E-state index in [9.17, 15) is 0 Å². The summed E-state index contributed by atoms with van der Waals surface area (Å²) >= 11 is 0. The number of fused-ring (bicyclic) bond motifs is 4. The summed E-state index contributed by atoms with van der Waals surface area (Å²) in [5, 5.41) is 4.87. The molecule has 16 aromatic rings. The first-order valence-corrected chi connectivity index (χ1v) is 41.1. The molecule has 0 atom stereocenters. The van der Waals surface area contributed by atoms with Gasteiger partial charge in [-0.3, -0.25) is 0 Å². The van der Waals surface area contributed by atoms with E-state index in [1.54, 1.807) is 0 Å². The molecule has 18 rings (SSSR count). The zero-order chi connectivity index (χ0) is 78.2. The molecule has 560 valence electrons. The van der Waals surface area contributed by atoms with Crippen molar-refractivity contribution in [1.82, 2.24) is 0 Å². The Hall–Kier alpha value is -13.9. The van der Waals surface area contributed by atoms with E-state index in [-0.39, 0.29) is 0 Å². The number of hydrogen-bond acceptors (Lipinski definition) is 2. The van der Waals surface area contributed by atoms with Gasteiger partial charge in [0.1, 0.15) is 0 Å². The molecule has 0 heterocycles. The van der Waals surface area contributed by atoms with Crippen molar-refractivity contribution in [3.8, 4) is 0 Å². The second-order valence-corrected chi connectivity index (χ2v) is 30.5. The summed E-state index contributed by atoms with van der Waals surface area (Å²) in [7, 11) is 0. The molecule has 2 aliphatic carbocycles. The SMILES string of the molecule is C(/C=C/c1ccc(N(c2ccc(C=C(c3ccccc3)c3ccccc3)cc2)c2ccc3c(c2)CCCC3)c2ccccc12)=C(c1ccccc1)c1ccccc1.Cc1ccc(C(=C/C=C/c2ccc(N(c3ccc(C=C(c4ccccc4)c4ccccc4)cc3)c3ccc4c(c3)CCCC4)c3ccccc23)c2ccc(C)cc2)cc1. The van der Waals surface area contributed by atoms with Crippen molar-refractivity contribution in [2.75, 3.05) is 9.80 Å². The topological polar surface area (TPSA) is 6.48 Å². The molecule has 2 aliphatic rings. The van der Waals surface area contributed by atoms with Gasteiger partial charge in [0.25, 0.3) is 0 Å². The molecule has 116 heavy (non-hydrogen) atoms. The van der Waals surface area contributed by atoms with Crippen molar-refractivity contribution in [3.05, 3.63) is 513 Å². The fourth-order valence-electron chi connectivity index (χ4n) is 16.7. The molecule has 0 aromatic heterocycles. The quantitative estimate of drug-likeness (QED) is 0.0554. The summed E-state index contributed by atoms with van der Waals surface area (Å²) in [5.41, 5.74) is 34.6. The Bertz CT molecular complexity index is 6080. The number of nitrogens with zero attached hydrogens (tertiary/aromatic N) is 2. The Morgan fingerprint density at radius 1 is 0.233 bits per heavy atom. The molecule has 0 fully saturated rings. The Morgan fingerprint density at radius 3 is 0.836 bits per heavy atom. The van der Waals surface area contributed by atoms with E-state index in [0.717, 1.165) is 48.2 Å². The lowest BCUT2D eigenvalue weighted by Crippen LogP contribution is -2.12. The van der Waals surface area contributed by atoms with Crippen LogP contribution in [0.15, 0.2) is 413 Å². The first kappa shape index (κ1) is 74.8. The van der Waals surface area contributed by atoms with Gasteiger partial charge in [0.15, 0.2) is 0 Å². The number of hydrogen-bond donors (Lipinski definition) is 0. The molecule has 0 bridgehead atoms. The van der Waals surface area contributed by atoms with Gasteiger partial charge < -0.3 is 9.80 Å². The summed E-state index contributed by atoms with van der Waals surface area (Å²) in [5.74, 6) is 0. The minimum atomic E-state index is 1.13. The van der Waals surface area contributed by atoms with E-state index in [0.29, 0.717) is 0 Å². The molecule has 0 saturated carbocycles. The molecule has 0 spiro atoms. The predicted molar refractivity (Wildman–Crippen MR) is 498 cm³/mol. The fraction of sp³-hybridized carbons (Fsp3) is 0.0877. The van der Waals surface area contributed by atoms with Gasteiger partial charge >= 0.3 is 0 Å². The standard InChI is InChI=1S/C58H49N.C56H45N/c1-42-24-30-49(31-25-42)54(50-32-26-43(2)27-33-50)23-13-20-48-35-39-58(56-22-12-11-21-55(48)56)59(53-38-34-45-14-9-10-19-51(45)41-53)52-36-28-44(29-37-52)40-57(46-15-5-3-6-16-46)47-17-7-4-8-18-47;1-5-19-44(20-6-1)52(45-21-7-2-8-22-45)31-17-28-48-35-39-56(54-30-16-15-29-53(48)54)57(51-38-34-43-18-13-14-27-49(43)41-51)50-36-32-42(33-37-50)40-55(46-23-9-3-10-24-46)47-25-11-4-12-26-47/h3-8,11-13,15-18,20-41H,9-10,14,19H2,1-2H3;1-12,15-17,19-26,28-41H,13-14,18,27H2/b20-13+;28-17+. The zero-order valence-electron chi connectivity index (χ0n) is 66.1. The highest BCUT2D eigenvalue weighted by Gasteiger charge is 2.23. The second-order valence-electron chi connectivity index (χ2n) is 30.5. The van der Waals surface area contributed by atoms with E-state index < -0.39 is 0 Å². The maximum Gasteiger partial charge on any atom is 0.0540 e. The Labute approximate surface area is 685 Å². The molecular weight excluding hydrogens is 1400 g/mol. The first-order chi connectivity index (χ1) is 57.3. The first-order valence-electron chi connectivity index (χ1n) is 41.1. The van der Waals surface area contributed by atoms with Crippen molar-refractivity contribution < 1.29 is 0 Å². The smallest absolute Gasteiger partial charge is 0.0540 e. The molecule has 0 unspecified atom stereocenters. The zero-order valence-corrected chi connectivity index (χ0v) is 66.1. The highest BCUT2D eigenvalue weighted by molar-refractivity contribution is 6.05. The van der Waals surface area contributed by atoms with Crippen LogP contribution in [0.25, 0.3) is 68.1 Å². The van der Waals surface area contributed by atoms with Crippen LogP contribution in [0.5, 0.6) is 0 Å². The van der Waals surface area contributed by atoms with Gasteiger partial charge in [-0.15, -0.1) is 0 Å². The Morgan fingerprint density at radius 2 is 0.509 bits per heavy atom. The molecule has 16 aromatic carbocycles. The Balaban J connectivity index is 0.000000167. The molecule has 0 N–H and O–H groups in total. The third-order valence-corrected chi connectivity index (χ3v) is 22.8. The van der Waals surface area contributed by atoms with Gasteiger partial charge in [-0.25, -0.2) is 0 Å². The van der Waals surface area contributed by atoms with Gasteiger partial charge in [-0.2, -0.15) is 0 Å². The number of allylic oxidation sites excluding steroid dienone is 4. The summed E-state index contributed by atoms with van der Waals surface area (Å²) in [6.45, 7) is 4.28. The van der Waals surface area contributed by atoms with E-state index >= 15 is 0 Å². The van der Waals surface area contributed by atoms with Crippen LogP contribution in [0, 0.1) is 13.8 Å². The van der Waals surface area contributed by atoms with Crippen LogP contribution < -0.4 is 9.80 Å². The van der Waals surface area contributed by atoms with Crippen molar-refractivity contribution in [2.45, 2.75) is 65.2 Å². The predicted octanol–water partition coefficient (Wildman–Crippen LogP) is 30.5. The van der Waals surface area contributed by atoms with E-state index in [1.807, 2.05) is 0 Å². The maximum atomic E-state index is 2.46. The van der Waals surface area contributed by atoms with Gasteiger partial charge in [0.05, 0.1) is 11.4 Å². The van der Waals surface area contributed by atoms with E-state index in [4.69, 9.17) is 0 Å². The van der Waals surface area contributed by atoms with Crippen LogP contribution in [0.1, 0.15) is 126 Å². The van der Waals surface area contributed by atoms with Crippen LogP contribution in [0.4, 0.5) is 34.1 Å². The highest BCUT2D eigenvalue weighted by atomic mass is 15.1. The van der Waals surface area contributed by atoms with Crippen molar-refractivity contribution in [1.29, 1.82) is 0 Å². The monoisotopic (exact) mass is 1490 g/mol. The molecule has 2 nitrogen and oxygen atoms in total. The maximum absolute atomic E-state index is 2.46. The average molecular weight is 1490 g/mol. The lowest BCUT2D eigenvalue weighted by atomic mass is 9.91. The molecule has 0 saturated heterocycles. The van der Waals surface area contributed by atoms with Crippen LogP contribution >= 0.6 is 0 Å². The van der Waals surface area contributed by atoms with Crippen molar-refractivity contribution in [2.24, 2.45) is 0 Å². The summed E-state index contributed by atoms with van der Waals surface area (Å²) in [4.78, 5) is 4.91. The molecule has 0 aliphatic heterocycles. The number of anilines is 6. The number of aryl methyl sites for hydroxylation is 6. The van der Waals surface area contributed by atoms with Crippen molar-refractivity contribution in [3.63, 3.8) is 0 Å². The third kappa shape index (κ3) is 17.3. The summed E-state index contributed by atoms with van der Waals surface area (Å²) in [6, 6.07) is 141. The lowest BCUT2D eigenvalue weighted by Gasteiger charge is -2.29. The van der Waals surface area contributed by atoms with Gasteiger partial charge in [-0.05, 0) is 260 Å². The summed E-state index contributed by atoms with van der Waals surface area (Å²) < 4.78 is 0. The Kier molecular flexibility index (Phi) is 23.1. The van der Waals surface area contributed by atoms with Gasteiger partial charge in [-0.1, -0.05) is 375 Å². The molecular formula is C114H94N2.